The first-order chi connectivity index (χ1) is 13.2. The summed E-state index contributed by atoms with van der Waals surface area (Å²) in [6.07, 6.45) is 1.67. The molecule has 27 heavy (non-hydrogen) atoms. The number of rotatable bonds is 5. The van der Waals surface area contributed by atoms with Gasteiger partial charge in [0.1, 0.15) is 11.3 Å². The first-order valence-electron chi connectivity index (χ1n) is 8.53. The maximum Gasteiger partial charge on any atom is 0.241 e. The number of hydrazone groups is 1. The predicted molar refractivity (Wildman–Crippen MR) is 103 cm³/mol. The monoisotopic (exact) mass is 359 g/mol. The third-order valence-corrected chi connectivity index (χ3v) is 4.30. The fourth-order valence-corrected chi connectivity index (χ4v) is 2.93. The fourth-order valence-electron chi connectivity index (χ4n) is 2.93. The lowest BCUT2D eigenvalue weighted by Crippen LogP contribution is -2.19. The molecule has 7 heteroatoms. The summed E-state index contributed by atoms with van der Waals surface area (Å²) in [6.45, 7) is 0.404. The van der Waals surface area contributed by atoms with Gasteiger partial charge in [0, 0.05) is 12.0 Å². The van der Waals surface area contributed by atoms with Crippen LogP contribution in [0.25, 0.3) is 21.8 Å². The summed E-state index contributed by atoms with van der Waals surface area (Å²) in [5, 5.41) is 24.0. The van der Waals surface area contributed by atoms with Crippen molar-refractivity contribution < 1.29 is 9.90 Å². The van der Waals surface area contributed by atoms with Crippen molar-refractivity contribution in [3.05, 3.63) is 66.2 Å². The van der Waals surface area contributed by atoms with Crippen LogP contribution in [-0.2, 0) is 11.3 Å². The van der Waals surface area contributed by atoms with Crippen LogP contribution in [0.15, 0.2) is 65.8 Å². The number of fused-ring (bicyclic) bond motifs is 2. The second kappa shape index (κ2) is 7.25. The molecule has 0 atom stereocenters. The average molecular weight is 359 g/mol. The molecule has 1 amide bonds. The molecule has 2 N–H and O–H groups in total. The van der Waals surface area contributed by atoms with Crippen LogP contribution in [0, 0.1) is 0 Å². The molecule has 7 nitrogen and oxygen atoms in total. The van der Waals surface area contributed by atoms with Gasteiger partial charge in [0.15, 0.2) is 0 Å². The minimum absolute atomic E-state index is 0.112. The number of hydrogen-bond donors (Lipinski definition) is 2. The van der Waals surface area contributed by atoms with E-state index < -0.39 is 0 Å². The zero-order chi connectivity index (χ0) is 18.6. The van der Waals surface area contributed by atoms with Crippen LogP contribution in [0.5, 0.6) is 5.75 Å². The average Bonchev–Trinajstić information content (AvgIpc) is 3.11. The van der Waals surface area contributed by atoms with Gasteiger partial charge in [0.25, 0.3) is 0 Å². The van der Waals surface area contributed by atoms with Gasteiger partial charge >= 0.3 is 0 Å². The molecule has 0 spiro atoms. The van der Waals surface area contributed by atoms with Gasteiger partial charge in [-0.2, -0.15) is 5.10 Å². The molecule has 0 bridgehead atoms. The molecule has 1 heterocycles. The Labute approximate surface area is 154 Å². The molecular weight excluding hydrogens is 342 g/mol. The number of carbonyl (C=O) groups is 1. The number of aromatic nitrogens is 3. The van der Waals surface area contributed by atoms with Crippen molar-refractivity contribution in [3.63, 3.8) is 0 Å². The van der Waals surface area contributed by atoms with E-state index in [4.69, 9.17) is 0 Å². The number of nitrogens with one attached hydrogen (secondary N) is 1. The smallest absolute Gasteiger partial charge is 0.241 e. The van der Waals surface area contributed by atoms with E-state index in [1.807, 2.05) is 54.6 Å². The number of nitrogens with zero attached hydrogens (tertiary/aromatic N) is 4. The molecule has 0 saturated carbocycles. The van der Waals surface area contributed by atoms with E-state index in [0.717, 1.165) is 21.8 Å². The number of amides is 1. The van der Waals surface area contributed by atoms with Gasteiger partial charge in [-0.15, -0.1) is 5.10 Å². The topological polar surface area (TPSA) is 92.4 Å². The van der Waals surface area contributed by atoms with Gasteiger partial charge in [0.2, 0.25) is 5.91 Å². The molecule has 0 unspecified atom stereocenters. The predicted octanol–water partition coefficient (Wildman–Crippen LogP) is 2.83. The quantitative estimate of drug-likeness (QED) is 0.423. The number of benzene rings is 3. The third kappa shape index (κ3) is 3.48. The first-order valence-corrected chi connectivity index (χ1v) is 8.53. The van der Waals surface area contributed by atoms with Gasteiger partial charge in [-0.1, -0.05) is 47.7 Å². The standard InChI is InChI=1S/C20H17N5O2/c26-19-10-9-14-5-1-2-6-15(14)16(19)13-21-23-20(27)11-12-25-18-8-4-3-7-17(18)22-24-25/h1-10,13,26H,11-12H2,(H,23,27)/b21-13+. The maximum absolute atomic E-state index is 12.1. The van der Waals surface area contributed by atoms with Crippen molar-refractivity contribution >= 4 is 33.9 Å². The molecule has 0 aliphatic rings. The molecule has 0 fully saturated rings. The summed E-state index contributed by atoms with van der Waals surface area (Å²) < 4.78 is 1.69. The molecular formula is C20H17N5O2. The van der Waals surface area contributed by atoms with Crippen molar-refractivity contribution in [2.45, 2.75) is 13.0 Å². The lowest BCUT2D eigenvalue weighted by atomic mass is 10.0. The zero-order valence-electron chi connectivity index (χ0n) is 14.4. The molecule has 1 aromatic heterocycles. The van der Waals surface area contributed by atoms with Crippen LogP contribution in [0.4, 0.5) is 0 Å². The number of para-hydroxylation sites is 1. The highest BCUT2D eigenvalue weighted by Crippen LogP contribution is 2.25. The first kappa shape index (κ1) is 16.7. The van der Waals surface area contributed by atoms with Gasteiger partial charge in [0.05, 0.1) is 18.3 Å². The van der Waals surface area contributed by atoms with Gasteiger partial charge < -0.3 is 5.11 Å². The van der Waals surface area contributed by atoms with Crippen LogP contribution in [0.2, 0.25) is 0 Å². The molecule has 4 aromatic rings. The minimum atomic E-state index is -0.245. The number of aryl methyl sites for hydroxylation is 1. The largest absolute Gasteiger partial charge is 0.507 e. The Morgan fingerprint density at radius 1 is 1.11 bits per heavy atom. The van der Waals surface area contributed by atoms with E-state index in [0.29, 0.717) is 12.1 Å². The summed E-state index contributed by atoms with van der Waals surface area (Å²) in [5.74, 6) is -0.133. The Bertz CT molecular complexity index is 1150. The highest BCUT2D eigenvalue weighted by molar-refractivity contribution is 6.02. The molecule has 3 aromatic carbocycles. The van der Waals surface area contributed by atoms with E-state index in [1.165, 1.54) is 6.21 Å². The second-order valence-corrected chi connectivity index (χ2v) is 6.06. The molecule has 0 saturated heterocycles. The van der Waals surface area contributed by atoms with Gasteiger partial charge in [-0.25, -0.2) is 10.1 Å². The number of phenolic OH excluding ortho intramolecular Hbond substituents is 1. The summed E-state index contributed by atoms with van der Waals surface area (Å²) in [6, 6.07) is 18.7. The van der Waals surface area contributed by atoms with Gasteiger partial charge in [-0.05, 0) is 29.0 Å². The molecule has 0 aliphatic carbocycles. The van der Waals surface area contributed by atoms with E-state index in [2.05, 4.69) is 20.8 Å². The third-order valence-electron chi connectivity index (χ3n) is 4.30. The number of phenols is 1. The molecule has 0 aliphatic heterocycles. The minimum Gasteiger partial charge on any atom is -0.507 e. The highest BCUT2D eigenvalue weighted by atomic mass is 16.3. The molecule has 4 rings (SSSR count). The zero-order valence-corrected chi connectivity index (χ0v) is 14.4. The molecule has 0 radical (unpaired) electrons. The molecule has 134 valence electrons. The van der Waals surface area contributed by atoms with Crippen LogP contribution >= 0.6 is 0 Å². The second-order valence-electron chi connectivity index (χ2n) is 6.06. The van der Waals surface area contributed by atoms with Gasteiger partial charge in [-0.3, -0.25) is 4.79 Å². The lowest BCUT2D eigenvalue weighted by molar-refractivity contribution is -0.121. The van der Waals surface area contributed by atoms with Crippen molar-refractivity contribution in [2.24, 2.45) is 5.10 Å². The summed E-state index contributed by atoms with van der Waals surface area (Å²) >= 11 is 0. The Balaban J connectivity index is 1.42. The van der Waals surface area contributed by atoms with Crippen molar-refractivity contribution in [3.8, 4) is 5.75 Å². The Kier molecular flexibility index (Phi) is 4.49. The van der Waals surface area contributed by atoms with Crippen LogP contribution in [0.3, 0.4) is 0 Å². The number of hydrogen-bond acceptors (Lipinski definition) is 5. The van der Waals surface area contributed by atoms with Crippen LogP contribution in [-0.4, -0.2) is 32.2 Å². The Morgan fingerprint density at radius 2 is 1.93 bits per heavy atom. The Morgan fingerprint density at radius 3 is 2.85 bits per heavy atom. The van der Waals surface area contributed by atoms with Crippen molar-refractivity contribution in [2.75, 3.05) is 0 Å². The van der Waals surface area contributed by atoms with E-state index >= 15 is 0 Å². The van der Waals surface area contributed by atoms with E-state index in [-0.39, 0.29) is 18.1 Å². The maximum atomic E-state index is 12.1. The SMILES string of the molecule is O=C(CCn1nnc2ccccc21)N/N=C/c1c(O)ccc2ccccc12. The van der Waals surface area contributed by atoms with Crippen LogP contribution < -0.4 is 5.43 Å². The summed E-state index contributed by atoms with van der Waals surface area (Å²) in [7, 11) is 0. The summed E-state index contributed by atoms with van der Waals surface area (Å²) in [4.78, 5) is 12.1. The van der Waals surface area contributed by atoms with E-state index in [1.54, 1.807) is 10.7 Å². The Hall–Kier alpha value is -3.74. The van der Waals surface area contributed by atoms with Crippen molar-refractivity contribution in [1.82, 2.24) is 20.4 Å². The van der Waals surface area contributed by atoms with Crippen molar-refractivity contribution in [1.29, 1.82) is 0 Å². The fraction of sp³-hybridized carbons (Fsp3) is 0.100. The number of aromatic hydroxyl groups is 1. The highest BCUT2D eigenvalue weighted by Gasteiger charge is 2.07. The summed E-state index contributed by atoms with van der Waals surface area (Å²) in [5.41, 5.74) is 4.73. The number of carbonyl (C=O) groups excluding carboxylic acids is 1. The van der Waals surface area contributed by atoms with E-state index in [9.17, 15) is 9.90 Å². The van der Waals surface area contributed by atoms with Crippen LogP contribution in [0.1, 0.15) is 12.0 Å². The lowest BCUT2D eigenvalue weighted by Gasteiger charge is -2.05. The normalized spacial score (nSPS) is 11.4.